The molecule has 0 aliphatic carbocycles. The molecule has 1 aliphatic heterocycles. The van der Waals surface area contributed by atoms with Crippen molar-refractivity contribution in [1.82, 2.24) is 10.3 Å². The van der Waals surface area contributed by atoms with Crippen molar-refractivity contribution in [3.63, 3.8) is 0 Å². The molecule has 3 N–H and O–H groups in total. The van der Waals surface area contributed by atoms with Crippen molar-refractivity contribution in [3.05, 3.63) is 29.8 Å². The van der Waals surface area contributed by atoms with Gasteiger partial charge in [-0.3, -0.25) is 9.78 Å². The van der Waals surface area contributed by atoms with Crippen molar-refractivity contribution in [2.75, 3.05) is 13.2 Å². The van der Waals surface area contributed by atoms with Crippen molar-refractivity contribution in [3.8, 4) is 0 Å². The normalized spacial score (nSPS) is 18.0. The number of rotatable bonds is 4. The quantitative estimate of drug-likeness (QED) is 0.837. The Labute approximate surface area is 111 Å². The molecule has 104 valence electrons. The Morgan fingerprint density at radius 2 is 2.26 bits per heavy atom. The lowest BCUT2D eigenvalue weighted by atomic mass is 9.92. The molecule has 6 heteroatoms. The van der Waals surface area contributed by atoms with Gasteiger partial charge in [-0.25, -0.2) is 4.39 Å². The Bertz CT molecular complexity index is 418. The van der Waals surface area contributed by atoms with Gasteiger partial charge in [-0.05, 0) is 30.9 Å². The van der Waals surface area contributed by atoms with Crippen LogP contribution in [0, 0.1) is 11.7 Å². The summed E-state index contributed by atoms with van der Waals surface area (Å²) in [6.45, 7) is 1.58. The van der Waals surface area contributed by atoms with Gasteiger partial charge in [0.25, 0.3) is 0 Å². The zero-order valence-electron chi connectivity index (χ0n) is 10.6. The molecular weight excluding hydrogens is 249 g/mol. The highest BCUT2D eigenvalue weighted by atomic mass is 19.1. The summed E-state index contributed by atoms with van der Waals surface area (Å²) in [5.74, 6) is -0.429. The van der Waals surface area contributed by atoms with E-state index in [0.29, 0.717) is 18.9 Å². The van der Waals surface area contributed by atoms with E-state index in [2.05, 4.69) is 10.3 Å². The molecule has 5 nitrogen and oxygen atoms in total. The second-order valence-electron chi connectivity index (χ2n) is 4.66. The molecule has 19 heavy (non-hydrogen) atoms. The van der Waals surface area contributed by atoms with Crippen LogP contribution in [0.5, 0.6) is 0 Å². The number of nitrogens with one attached hydrogen (secondary N) is 1. The number of aromatic nitrogens is 1. The summed E-state index contributed by atoms with van der Waals surface area (Å²) in [6.07, 6.45) is 2.74. The van der Waals surface area contributed by atoms with E-state index < -0.39 is 11.9 Å². The van der Waals surface area contributed by atoms with E-state index in [9.17, 15) is 9.18 Å². The SMILES string of the molecule is NC(C(=O)NCc1ccc(F)cn1)C1CCOCC1. The molecule has 0 saturated carbocycles. The number of ether oxygens (including phenoxy) is 1. The largest absolute Gasteiger partial charge is 0.381 e. The van der Waals surface area contributed by atoms with Gasteiger partial charge in [0.05, 0.1) is 24.5 Å². The molecule has 0 bridgehead atoms. The van der Waals surface area contributed by atoms with Gasteiger partial charge in [0, 0.05) is 13.2 Å². The average Bonchev–Trinajstić information content (AvgIpc) is 2.46. The maximum atomic E-state index is 12.7. The fraction of sp³-hybridized carbons (Fsp3) is 0.538. The minimum absolute atomic E-state index is 0.162. The summed E-state index contributed by atoms with van der Waals surface area (Å²) in [5, 5.41) is 2.73. The molecule has 1 saturated heterocycles. The van der Waals surface area contributed by atoms with Crippen molar-refractivity contribution in [2.45, 2.75) is 25.4 Å². The number of nitrogens with zero attached hydrogens (tertiary/aromatic N) is 1. The molecule has 0 spiro atoms. The van der Waals surface area contributed by atoms with E-state index in [1.807, 2.05) is 0 Å². The zero-order chi connectivity index (χ0) is 13.7. The van der Waals surface area contributed by atoms with Gasteiger partial charge in [-0.2, -0.15) is 0 Å². The van der Waals surface area contributed by atoms with Gasteiger partial charge in [0.15, 0.2) is 0 Å². The second kappa shape index (κ2) is 6.58. The molecule has 0 radical (unpaired) electrons. The summed E-state index contributed by atoms with van der Waals surface area (Å²) in [4.78, 5) is 15.8. The van der Waals surface area contributed by atoms with Crippen LogP contribution in [-0.4, -0.2) is 30.1 Å². The summed E-state index contributed by atoms with van der Waals surface area (Å²) in [6, 6.07) is 2.33. The summed E-state index contributed by atoms with van der Waals surface area (Å²) < 4.78 is 17.9. The monoisotopic (exact) mass is 267 g/mol. The summed E-state index contributed by atoms with van der Waals surface area (Å²) in [7, 11) is 0. The minimum atomic E-state index is -0.524. The van der Waals surface area contributed by atoms with E-state index in [-0.39, 0.29) is 18.4 Å². The first-order chi connectivity index (χ1) is 9.16. The molecule has 1 unspecified atom stereocenters. The van der Waals surface area contributed by atoms with E-state index in [1.165, 1.54) is 12.1 Å². The van der Waals surface area contributed by atoms with Crippen molar-refractivity contribution in [2.24, 2.45) is 11.7 Å². The van der Waals surface area contributed by atoms with Crippen LogP contribution in [-0.2, 0) is 16.1 Å². The fourth-order valence-electron chi connectivity index (χ4n) is 2.10. The third-order valence-electron chi connectivity index (χ3n) is 3.31. The standard InChI is InChI=1S/C13H18FN3O2/c14-10-1-2-11(16-7-10)8-17-13(18)12(15)9-3-5-19-6-4-9/h1-2,7,9,12H,3-6,8,15H2,(H,17,18). The van der Waals surface area contributed by atoms with Gasteiger partial charge in [0.2, 0.25) is 5.91 Å². The van der Waals surface area contributed by atoms with Gasteiger partial charge < -0.3 is 15.8 Å². The zero-order valence-corrected chi connectivity index (χ0v) is 10.6. The topological polar surface area (TPSA) is 77.2 Å². The average molecular weight is 267 g/mol. The number of pyridine rings is 1. The Morgan fingerprint density at radius 1 is 1.53 bits per heavy atom. The third kappa shape index (κ3) is 3.97. The molecule has 1 atom stereocenters. The van der Waals surface area contributed by atoms with E-state index in [4.69, 9.17) is 10.5 Å². The molecule has 0 aromatic carbocycles. The van der Waals surface area contributed by atoms with E-state index in [1.54, 1.807) is 0 Å². The highest BCUT2D eigenvalue weighted by molar-refractivity contribution is 5.81. The highest BCUT2D eigenvalue weighted by Gasteiger charge is 2.26. The molecule has 2 rings (SSSR count). The molecule has 1 aromatic rings. The molecule has 1 aromatic heterocycles. The smallest absolute Gasteiger partial charge is 0.237 e. The van der Waals surface area contributed by atoms with Crippen molar-refractivity contribution >= 4 is 5.91 Å². The van der Waals surface area contributed by atoms with Crippen molar-refractivity contribution < 1.29 is 13.9 Å². The lowest BCUT2D eigenvalue weighted by Gasteiger charge is -2.26. The van der Waals surface area contributed by atoms with Crippen LogP contribution in [0.2, 0.25) is 0 Å². The predicted molar refractivity (Wildman–Crippen MR) is 67.6 cm³/mol. The van der Waals surface area contributed by atoms with Crippen molar-refractivity contribution in [1.29, 1.82) is 0 Å². The van der Waals surface area contributed by atoms with Gasteiger partial charge in [-0.15, -0.1) is 0 Å². The summed E-state index contributed by atoms with van der Waals surface area (Å²) in [5.41, 5.74) is 6.54. The van der Waals surface area contributed by atoms with E-state index in [0.717, 1.165) is 19.0 Å². The minimum Gasteiger partial charge on any atom is -0.381 e. The number of hydrogen-bond acceptors (Lipinski definition) is 4. The van der Waals surface area contributed by atoms with Crippen LogP contribution in [0.15, 0.2) is 18.3 Å². The van der Waals surface area contributed by atoms with Gasteiger partial charge >= 0.3 is 0 Å². The number of carbonyl (C=O) groups is 1. The van der Waals surface area contributed by atoms with Crippen LogP contribution in [0.4, 0.5) is 4.39 Å². The molecule has 1 amide bonds. The highest BCUT2D eigenvalue weighted by Crippen LogP contribution is 2.17. The first kappa shape index (κ1) is 13.9. The van der Waals surface area contributed by atoms with Crippen LogP contribution in [0.1, 0.15) is 18.5 Å². The molecule has 2 heterocycles. The Kier molecular flexibility index (Phi) is 4.81. The first-order valence-electron chi connectivity index (χ1n) is 6.38. The lowest BCUT2D eigenvalue weighted by Crippen LogP contribution is -2.46. The molecular formula is C13H18FN3O2. The lowest BCUT2D eigenvalue weighted by molar-refractivity contribution is -0.124. The Morgan fingerprint density at radius 3 is 2.89 bits per heavy atom. The first-order valence-corrected chi connectivity index (χ1v) is 6.38. The van der Waals surface area contributed by atoms with Crippen LogP contribution in [0.25, 0.3) is 0 Å². The van der Waals surface area contributed by atoms with Crippen LogP contribution < -0.4 is 11.1 Å². The number of halogens is 1. The maximum Gasteiger partial charge on any atom is 0.237 e. The van der Waals surface area contributed by atoms with E-state index >= 15 is 0 Å². The van der Waals surface area contributed by atoms with Gasteiger partial charge in [0.1, 0.15) is 5.82 Å². The molecule has 1 aliphatic rings. The second-order valence-corrected chi connectivity index (χ2v) is 4.66. The maximum absolute atomic E-state index is 12.7. The Hall–Kier alpha value is -1.53. The summed E-state index contributed by atoms with van der Waals surface area (Å²) >= 11 is 0. The van der Waals surface area contributed by atoms with Gasteiger partial charge in [-0.1, -0.05) is 0 Å². The number of nitrogens with two attached hydrogens (primary N) is 1. The number of carbonyl (C=O) groups excluding carboxylic acids is 1. The van der Waals surface area contributed by atoms with Crippen LogP contribution >= 0.6 is 0 Å². The third-order valence-corrected chi connectivity index (χ3v) is 3.31. The fourth-order valence-corrected chi connectivity index (χ4v) is 2.10. The molecule has 1 fully saturated rings. The predicted octanol–water partition coefficient (Wildman–Crippen LogP) is 0.591. The number of hydrogen-bond donors (Lipinski definition) is 2. The number of amides is 1. The van der Waals surface area contributed by atoms with Crippen LogP contribution in [0.3, 0.4) is 0 Å². The Balaban J connectivity index is 1.81.